The number of nitrogens with zero attached hydrogens (tertiary/aromatic N) is 4. The summed E-state index contributed by atoms with van der Waals surface area (Å²) in [6.07, 6.45) is 1.66. The fraction of sp³-hybridized carbons (Fsp3) is 0.429. The first-order chi connectivity index (χ1) is 10.1. The Bertz CT molecular complexity index is 666. The van der Waals surface area contributed by atoms with Crippen molar-refractivity contribution in [2.24, 2.45) is 7.05 Å². The highest BCUT2D eigenvalue weighted by molar-refractivity contribution is 7.71. The first-order valence-electron chi connectivity index (χ1n) is 6.81. The highest BCUT2D eigenvalue weighted by Crippen LogP contribution is 2.22. The maximum absolute atomic E-state index is 13.0. The van der Waals surface area contributed by atoms with Crippen LogP contribution in [0.3, 0.4) is 0 Å². The van der Waals surface area contributed by atoms with E-state index in [0.717, 1.165) is 18.7 Å². The first kappa shape index (κ1) is 14.4. The molecule has 112 valence electrons. The van der Waals surface area contributed by atoms with Gasteiger partial charge in [-0.1, -0.05) is 12.1 Å². The van der Waals surface area contributed by atoms with Crippen LogP contribution >= 0.6 is 12.2 Å². The molecule has 21 heavy (non-hydrogen) atoms. The van der Waals surface area contributed by atoms with Crippen molar-refractivity contribution in [1.29, 1.82) is 0 Å². The third-order valence-corrected chi connectivity index (χ3v) is 4.11. The second kappa shape index (κ2) is 6.05. The Morgan fingerprint density at radius 1 is 1.38 bits per heavy atom. The molecule has 1 atom stereocenters. The van der Waals surface area contributed by atoms with E-state index in [-0.39, 0.29) is 11.9 Å². The fourth-order valence-electron chi connectivity index (χ4n) is 2.42. The topological polar surface area (TPSA) is 35.2 Å². The average molecular weight is 308 g/mol. The zero-order chi connectivity index (χ0) is 14.8. The van der Waals surface area contributed by atoms with Crippen molar-refractivity contribution in [3.05, 3.63) is 46.7 Å². The quantitative estimate of drug-likeness (QED) is 0.814. The molecule has 0 amide bonds. The number of aromatic nitrogens is 3. The van der Waals surface area contributed by atoms with E-state index in [0.29, 0.717) is 18.0 Å². The number of ether oxygens (including phenoxy) is 1. The summed E-state index contributed by atoms with van der Waals surface area (Å²) in [7, 11) is 1.88. The van der Waals surface area contributed by atoms with Crippen LogP contribution in [0.5, 0.6) is 0 Å². The standard InChI is InChI=1S/C14H17FN4OS/c1-17-9-16-19(14(17)21)10-18-6-7-20-13(8-18)11-2-4-12(15)5-3-11/h2-5,9,13H,6-8,10H2,1H3. The second-order valence-electron chi connectivity index (χ2n) is 5.15. The lowest BCUT2D eigenvalue weighted by Crippen LogP contribution is -2.39. The van der Waals surface area contributed by atoms with Crippen molar-refractivity contribution in [3.8, 4) is 0 Å². The van der Waals surface area contributed by atoms with Crippen LogP contribution in [0.1, 0.15) is 11.7 Å². The van der Waals surface area contributed by atoms with Crippen LogP contribution in [0.15, 0.2) is 30.6 Å². The number of hydrogen-bond acceptors (Lipinski definition) is 4. The fourth-order valence-corrected chi connectivity index (χ4v) is 2.57. The van der Waals surface area contributed by atoms with Gasteiger partial charge in [0.15, 0.2) is 4.77 Å². The van der Waals surface area contributed by atoms with Crippen LogP contribution in [0, 0.1) is 10.6 Å². The SMILES string of the molecule is Cn1cnn(CN2CCOC(c3ccc(F)cc3)C2)c1=S. The van der Waals surface area contributed by atoms with Gasteiger partial charge in [0.1, 0.15) is 12.1 Å². The maximum Gasteiger partial charge on any atom is 0.198 e. The van der Waals surface area contributed by atoms with E-state index in [1.54, 1.807) is 23.1 Å². The second-order valence-corrected chi connectivity index (χ2v) is 5.52. The molecule has 1 aliphatic rings. The van der Waals surface area contributed by atoms with E-state index >= 15 is 0 Å². The lowest BCUT2D eigenvalue weighted by Gasteiger charge is -2.32. The molecule has 7 heteroatoms. The zero-order valence-electron chi connectivity index (χ0n) is 11.8. The zero-order valence-corrected chi connectivity index (χ0v) is 12.6. The van der Waals surface area contributed by atoms with E-state index in [4.69, 9.17) is 17.0 Å². The van der Waals surface area contributed by atoms with Crippen molar-refractivity contribution in [1.82, 2.24) is 19.2 Å². The van der Waals surface area contributed by atoms with Crippen molar-refractivity contribution in [2.45, 2.75) is 12.8 Å². The molecule has 1 aliphatic heterocycles. The summed E-state index contributed by atoms with van der Waals surface area (Å²) in [5.74, 6) is -0.230. The molecule has 2 heterocycles. The molecule has 1 unspecified atom stereocenters. The molecule has 2 aromatic rings. The number of halogens is 1. The Morgan fingerprint density at radius 2 is 2.14 bits per heavy atom. The van der Waals surface area contributed by atoms with Crippen LogP contribution < -0.4 is 0 Å². The number of rotatable bonds is 3. The largest absolute Gasteiger partial charge is 0.371 e. The highest BCUT2D eigenvalue weighted by atomic mass is 32.1. The van der Waals surface area contributed by atoms with Crippen LogP contribution in [0.25, 0.3) is 0 Å². The van der Waals surface area contributed by atoms with Gasteiger partial charge in [0.25, 0.3) is 0 Å². The summed E-state index contributed by atoms with van der Waals surface area (Å²) < 4.78 is 23.1. The van der Waals surface area contributed by atoms with E-state index in [1.165, 1.54) is 12.1 Å². The molecule has 0 saturated carbocycles. The van der Waals surface area contributed by atoms with Crippen LogP contribution in [-0.2, 0) is 18.5 Å². The van der Waals surface area contributed by atoms with Gasteiger partial charge in [0.2, 0.25) is 0 Å². The molecule has 1 fully saturated rings. The van der Waals surface area contributed by atoms with E-state index < -0.39 is 0 Å². The van der Waals surface area contributed by atoms with Gasteiger partial charge in [-0.05, 0) is 29.9 Å². The molecule has 0 radical (unpaired) electrons. The van der Waals surface area contributed by atoms with Gasteiger partial charge in [-0.2, -0.15) is 5.10 Å². The summed E-state index contributed by atoms with van der Waals surface area (Å²) >= 11 is 5.30. The molecule has 5 nitrogen and oxygen atoms in total. The van der Waals surface area contributed by atoms with Gasteiger partial charge in [-0.25, -0.2) is 9.07 Å². The number of morpholine rings is 1. The summed E-state index contributed by atoms with van der Waals surface area (Å²) in [5.41, 5.74) is 0.991. The molecule has 0 aliphatic carbocycles. The smallest absolute Gasteiger partial charge is 0.198 e. The average Bonchev–Trinajstić information content (AvgIpc) is 2.80. The molecule has 0 spiro atoms. The van der Waals surface area contributed by atoms with Crippen molar-refractivity contribution >= 4 is 12.2 Å². The molecule has 1 aromatic carbocycles. The maximum atomic E-state index is 13.0. The Balaban J connectivity index is 1.69. The highest BCUT2D eigenvalue weighted by Gasteiger charge is 2.22. The lowest BCUT2D eigenvalue weighted by molar-refractivity contribution is -0.0419. The third kappa shape index (κ3) is 3.20. The Hall–Kier alpha value is -1.57. The molecule has 1 aromatic heterocycles. The molecule has 1 saturated heterocycles. The van der Waals surface area contributed by atoms with Crippen molar-refractivity contribution < 1.29 is 9.13 Å². The minimum atomic E-state index is -0.230. The lowest BCUT2D eigenvalue weighted by atomic mass is 10.1. The normalized spacial score (nSPS) is 19.8. The minimum Gasteiger partial charge on any atom is -0.371 e. The van der Waals surface area contributed by atoms with Gasteiger partial charge in [0.05, 0.1) is 19.4 Å². The number of hydrogen-bond donors (Lipinski definition) is 0. The van der Waals surface area contributed by atoms with Gasteiger partial charge in [-0.15, -0.1) is 0 Å². The molecular weight excluding hydrogens is 291 g/mol. The monoisotopic (exact) mass is 308 g/mol. The predicted molar refractivity (Wildman–Crippen MR) is 78.7 cm³/mol. The predicted octanol–water partition coefficient (Wildman–Crippen LogP) is 2.12. The van der Waals surface area contributed by atoms with Gasteiger partial charge >= 0.3 is 0 Å². The molecule has 0 bridgehead atoms. The summed E-state index contributed by atoms with van der Waals surface area (Å²) in [4.78, 5) is 2.24. The van der Waals surface area contributed by atoms with Crippen LogP contribution in [0.2, 0.25) is 0 Å². The summed E-state index contributed by atoms with van der Waals surface area (Å²) in [6.45, 7) is 2.85. The van der Waals surface area contributed by atoms with Crippen LogP contribution in [-0.4, -0.2) is 38.9 Å². The Labute approximate surface area is 127 Å². The third-order valence-electron chi connectivity index (χ3n) is 3.61. The number of aryl methyl sites for hydroxylation is 1. The van der Waals surface area contributed by atoms with Crippen LogP contribution in [0.4, 0.5) is 4.39 Å². The van der Waals surface area contributed by atoms with Gasteiger partial charge in [-0.3, -0.25) is 4.90 Å². The summed E-state index contributed by atoms with van der Waals surface area (Å²) in [5, 5.41) is 4.26. The first-order valence-corrected chi connectivity index (χ1v) is 7.22. The number of benzene rings is 1. The molecule has 3 rings (SSSR count). The van der Waals surface area contributed by atoms with Crippen molar-refractivity contribution in [3.63, 3.8) is 0 Å². The van der Waals surface area contributed by atoms with Gasteiger partial charge < -0.3 is 9.30 Å². The van der Waals surface area contributed by atoms with E-state index in [9.17, 15) is 4.39 Å². The van der Waals surface area contributed by atoms with E-state index in [2.05, 4.69) is 10.00 Å². The van der Waals surface area contributed by atoms with Gasteiger partial charge in [0, 0.05) is 20.1 Å². The van der Waals surface area contributed by atoms with Crippen molar-refractivity contribution in [2.75, 3.05) is 19.7 Å². The molecule has 0 N–H and O–H groups in total. The Kier molecular flexibility index (Phi) is 4.14. The van der Waals surface area contributed by atoms with E-state index in [1.807, 2.05) is 11.6 Å². The minimum absolute atomic E-state index is 0.0442. The summed E-state index contributed by atoms with van der Waals surface area (Å²) in [6, 6.07) is 6.48. The Morgan fingerprint density at radius 3 is 2.81 bits per heavy atom. The molecular formula is C14H17FN4OS.